The first-order chi connectivity index (χ1) is 16.5. The molecule has 2 aliphatic rings. The Kier molecular flexibility index (Phi) is 7.47. The van der Waals surface area contributed by atoms with E-state index in [0.717, 1.165) is 23.2 Å². The molecule has 5 nitrogen and oxygen atoms in total. The Morgan fingerprint density at radius 2 is 1.38 bits per heavy atom. The number of benzene rings is 2. The number of nitrogens with zero attached hydrogens (tertiary/aromatic N) is 1. The van der Waals surface area contributed by atoms with Crippen LogP contribution in [0, 0.1) is 18.3 Å². The average Bonchev–Trinajstić information content (AvgIpc) is 3.12. The molecule has 1 atom stereocenters. The Balaban J connectivity index is 1.69. The van der Waals surface area contributed by atoms with E-state index in [4.69, 9.17) is 15.3 Å². The van der Waals surface area contributed by atoms with Crippen LogP contribution < -0.4 is 10.4 Å². The number of imide groups is 1. The predicted molar refractivity (Wildman–Crippen MR) is 135 cm³/mol. The first kappa shape index (κ1) is 24.2. The molecule has 0 bridgehead atoms. The maximum Gasteiger partial charge on any atom is 0.407 e. The quantitative estimate of drug-likeness (QED) is 0.319. The van der Waals surface area contributed by atoms with E-state index in [-0.39, 0.29) is 30.9 Å². The number of carbonyl (C=O) groups excluding carboxylic acids is 2. The van der Waals surface area contributed by atoms with Gasteiger partial charge in [0.05, 0.1) is 19.3 Å². The van der Waals surface area contributed by atoms with Gasteiger partial charge in [-0.1, -0.05) is 80.4 Å². The summed E-state index contributed by atoms with van der Waals surface area (Å²) in [6, 6.07) is 19.3. The van der Waals surface area contributed by atoms with Gasteiger partial charge in [-0.3, -0.25) is 14.5 Å². The standard InChI is InChI=1S/C28H31NO4Si/c1-4-19-32-34(22-13-7-5-8-14-22,23-15-9-6-10-16-23)33-20-26(21(2)3)29-27(30)24-17-11-12-18-25(24)28(29)31/h1,5-10,13-16,21,26H,11-12,17-20H2,2-3H3/t26-/m1/s1. The molecule has 34 heavy (non-hydrogen) atoms. The third kappa shape index (κ3) is 4.52. The maximum atomic E-state index is 13.3. The van der Waals surface area contributed by atoms with Gasteiger partial charge in [-0.25, -0.2) is 0 Å². The summed E-state index contributed by atoms with van der Waals surface area (Å²) < 4.78 is 13.1. The molecule has 0 radical (unpaired) electrons. The summed E-state index contributed by atoms with van der Waals surface area (Å²) in [6.45, 7) is 4.31. The van der Waals surface area contributed by atoms with E-state index in [9.17, 15) is 9.59 Å². The lowest BCUT2D eigenvalue weighted by atomic mass is 9.93. The van der Waals surface area contributed by atoms with Crippen molar-refractivity contribution in [3.63, 3.8) is 0 Å². The van der Waals surface area contributed by atoms with Gasteiger partial charge < -0.3 is 8.85 Å². The highest BCUT2D eigenvalue weighted by Gasteiger charge is 2.47. The largest absolute Gasteiger partial charge is 0.407 e. The molecule has 0 fully saturated rings. The summed E-state index contributed by atoms with van der Waals surface area (Å²) in [5.41, 5.74) is 1.39. The Labute approximate surface area is 203 Å². The molecular weight excluding hydrogens is 442 g/mol. The molecule has 1 aliphatic heterocycles. The van der Waals surface area contributed by atoms with Crippen molar-refractivity contribution < 1.29 is 18.4 Å². The summed E-state index contributed by atoms with van der Waals surface area (Å²) in [5, 5.41) is 1.85. The van der Waals surface area contributed by atoms with Crippen LogP contribution in [0.5, 0.6) is 0 Å². The minimum absolute atomic E-state index is 0.0140. The molecule has 0 N–H and O–H groups in total. The average molecular weight is 474 g/mol. The summed E-state index contributed by atoms with van der Waals surface area (Å²) >= 11 is 0. The fourth-order valence-electron chi connectivity index (χ4n) is 4.83. The minimum atomic E-state index is -3.22. The molecular formula is C28H31NO4Si. The predicted octanol–water partition coefficient (Wildman–Crippen LogP) is 3.17. The highest BCUT2D eigenvalue weighted by Crippen LogP contribution is 2.35. The van der Waals surface area contributed by atoms with Crippen molar-refractivity contribution in [2.45, 2.75) is 45.6 Å². The molecule has 2 amide bonds. The molecule has 4 rings (SSSR count). The molecule has 2 aromatic carbocycles. The second-order valence-corrected chi connectivity index (χ2v) is 12.1. The Morgan fingerprint density at radius 3 is 1.82 bits per heavy atom. The third-order valence-electron chi connectivity index (χ3n) is 6.65. The lowest BCUT2D eigenvalue weighted by Crippen LogP contribution is -2.65. The number of amides is 2. The second kappa shape index (κ2) is 10.5. The molecule has 0 spiro atoms. The highest BCUT2D eigenvalue weighted by molar-refractivity contribution is 6.92. The SMILES string of the molecule is C#CCO[Si](OC[C@H](C(C)C)N1C(=O)C2=C(CCCC2)C1=O)(c1ccccc1)c1ccccc1. The summed E-state index contributed by atoms with van der Waals surface area (Å²) in [6.07, 6.45) is 8.85. The smallest absolute Gasteiger partial charge is 0.385 e. The Morgan fingerprint density at radius 1 is 0.882 bits per heavy atom. The van der Waals surface area contributed by atoms with Gasteiger partial charge in [0.2, 0.25) is 0 Å². The lowest BCUT2D eigenvalue weighted by Gasteiger charge is -2.36. The molecule has 6 heteroatoms. The Hall–Kier alpha value is -2.98. The van der Waals surface area contributed by atoms with E-state index in [2.05, 4.69) is 5.92 Å². The molecule has 0 unspecified atom stereocenters. The monoisotopic (exact) mass is 473 g/mol. The van der Waals surface area contributed by atoms with E-state index in [1.807, 2.05) is 74.5 Å². The van der Waals surface area contributed by atoms with E-state index >= 15 is 0 Å². The zero-order valence-corrected chi connectivity index (χ0v) is 20.8. The first-order valence-electron chi connectivity index (χ1n) is 11.9. The van der Waals surface area contributed by atoms with Crippen LogP contribution in [0.1, 0.15) is 39.5 Å². The highest BCUT2D eigenvalue weighted by atomic mass is 28.4. The van der Waals surface area contributed by atoms with Crippen molar-refractivity contribution in [2.24, 2.45) is 5.92 Å². The van der Waals surface area contributed by atoms with E-state index in [1.54, 1.807) is 0 Å². The van der Waals surface area contributed by atoms with Crippen molar-refractivity contribution in [1.82, 2.24) is 4.90 Å². The molecule has 0 saturated carbocycles. The van der Waals surface area contributed by atoms with Gasteiger partial charge in [0, 0.05) is 11.1 Å². The van der Waals surface area contributed by atoms with E-state index in [0.29, 0.717) is 24.0 Å². The number of hydrogen-bond acceptors (Lipinski definition) is 4. The van der Waals surface area contributed by atoms with Crippen LogP contribution in [0.4, 0.5) is 0 Å². The number of rotatable bonds is 9. The van der Waals surface area contributed by atoms with Gasteiger partial charge in [0.15, 0.2) is 0 Å². The zero-order chi connectivity index (χ0) is 24.1. The molecule has 1 heterocycles. The van der Waals surface area contributed by atoms with Crippen LogP contribution in [-0.4, -0.2) is 44.5 Å². The van der Waals surface area contributed by atoms with Crippen LogP contribution in [0.25, 0.3) is 0 Å². The van der Waals surface area contributed by atoms with Gasteiger partial charge in [0.25, 0.3) is 11.8 Å². The van der Waals surface area contributed by atoms with Crippen LogP contribution >= 0.6 is 0 Å². The van der Waals surface area contributed by atoms with Crippen LogP contribution in [0.2, 0.25) is 0 Å². The minimum Gasteiger partial charge on any atom is -0.385 e. The zero-order valence-electron chi connectivity index (χ0n) is 19.8. The van der Waals surface area contributed by atoms with Gasteiger partial charge in [-0.2, -0.15) is 0 Å². The van der Waals surface area contributed by atoms with E-state index in [1.165, 1.54) is 4.90 Å². The lowest BCUT2D eigenvalue weighted by molar-refractivity contribution is -0.142. The topological polar surface area (TPSA) is 55.8 Å². The first-order valence-corrected chi connectivity index (χ1v) is 13.7. The summed E-state index contributed by atoms with van der Waals surface area (Å²) in [4.78, 5) is 28.0. The maximum absolute atomic E-state index is 13.3. The van der Waals surface area contributed by atoms with Crippen LogP contribution in [-0.2, 0) is 18.4 Å². The van der Waals surface area contributed by atoms with Crippen molar-refractivity contribution in [3.05, 3.63) is 71.8 Å². The number of carbonyl (C=O) groups is 2. The van der Waals surface area contributed by atoms with Crippen LogP contribution in [0.3, 0.4) is 0 Å². The Bertz CT molecular complexity index is 1040. The molecule has 176 valence electrons. The van der Waals surface area contributed by atoms with Crippen molar-refractivity contribution in [3.8, 4) is 12.3 Å². The van der Waals surface area contributed by atoms with Gasteiger partial charge in [-0.05, 0) is 42.0 Å². The molecule has 0 aromatic heterocycles. The van der Waals surface area contributed by atoms with Gasteiger partial charge in [0.1, 0.15) is 0 Å². The second-order valence-electron chi connectivity index (χ2n) is 9.11. The number of terminal acetylenes is 1. The van der Waals surface area contributed by atoms with Gasteiger partial charge in [-0.15, -0.1) is 6.42 Å². The van der Waals surface area contributed by atoms with Crippen LogP contribution in [0.15, 0.2) is 71.8 Å². The summed E-state index contributed by atoms with van der Waals surface area (Å²) in [7, 11) is -3.22. The van der Waals surface area contributed by atoms with Crippen molar-refractivity contribution in [2.75, 3.05) is 13.2 Å². The fraction of sp³-hybridized carbons (Fsp3) is 0.357. The normalized spacial score (nSPS) is 17.2. The van der Waals surface area contributed by atoms with Gasteiger partial charge >= 0.3 is 8.56 Å². The van der Waals surface area contributed by atoms with E-state index < -0.39 is 14.6 Å². The molecule has 1 aliphatic carbocycles. The molecule has 2 aromatic rings. The molecule has 0 saturated heterocycles. The van der Waals surface area contributed by atoms with Crippen molar-refractivity contribution in [1.29, 1.82) is 0 Å². The van der Waals surface area contributed by atoms with Crippen molar-refractivity contribution >= 4 is 30.7 Å². The fourth-order valence-corrected chi connectivity index (χ4v) is 7.87. The number of hydrogen-bond donors (Lipinski definition) is 0. The third-order valence-corrected chi connectivity index (χ3v) is 9.96. The summed E-state index contributed by atoms with van der Waals surface area (Å²) in [5.74, 6) is 2.29.